The van der Waals surface area contributed by atoms with Crippen molar-refractivity contribution in [2.75, 3.05) is 49.4 Å². The molecule has 6 saturated heterocycles. The summed E-state index contributed by atoms with van der Waals surface area (Å²) in [6.07, 6.45) is -15.7. The van der Waals surface area contributed by atoms with Crippen LogP contribution in [0.1, 0.15) is 45.7 Å². The highest BCUT2D eigenvalue weighted by Gasteiger charge is 2.58. The zero-order chi connectivity index (χ0) is 69.4. The third kappa shape index (κ3) is 13.7. The molecule has 4 unspecified atom stereocenters. The lowest BCUT2D eigenvalue weighted by atomic mass is 10.1. The molecular formula is C46H60F2N20O20P4S4Si. The van der Waals surface area contributed by atoms with Crippen LogP contribution < -0.4 is 34.1 Å². The van der Waals surface area contributed by atoms with Crippen LogP contribution in [0.2, 0.25) is 18.1 Å². The Morgan fingerprint density at radius 2 is 0.948 bits per heavy atom. The standard InChI is InChI=1S/C26H37FN10O10P2S2Si.C20H23FN10O10P2S2/c1-26(2,3)52(4,5)47-17-12-7-42-48(39,50)45-16-11(43-23(13(16)27)36-9-32-14-19(28)30-8-31-20(14)36)6-41-49(40,51)46-18(17)24(44-12)37-10-33-15-21(37)34-25(29)35-22(15)38;21-8-12-7(39-18(8)30-4-26-9-14(22)24-3-25-15(9)30)2-37-43(35,45)41-13-11(32)6(1-36-42(34,44)40-12)38-19(13)31-5-27-10-16(31)28-20(23)29-17(10)33/h8-13,16-18,23-24H,6-7H2,1-5H3,(H,39,50)(H,40,51)(H2,28,30,31)(H3,29,34,35,38);3-8,11-13,18-19,32H,1-2H2,(H,34,44)(H,35,45)(H2,22,24,25)(H3,23,28,29,33)/t11-,12-,13-,16-,17-,18-,23-,24-,48?,49?;6-,7-,8-,11-,12-,13-,18-,19-,42?,43?/m11/s1. The highest BCUT2D eigenvalue weighted by Crippen LogP contribution is 2.60. The number of aromatic amines is 2. The van der Waals surface area contributed by atoms with Crippen molar-refractivity contribution in [1.82, 2.24) is 78.1 Å². The topological polar surface area (TPSA) is 536 Å². The second-order valence-corrected chi connectivity index (χ2v) is 40.0. The number of halogens is 2. The Bertz CT molecular complexity index is 4700. The zero-order valence-corrected chi connectivity index (χ0v) is 58.6. The predicted octanol–water partition coefficient (Wildman–Crippen LogP) is 1.59. The molecule has 40 nitrogen and oxygen atoms in total. The van der Waals surface area contributed by atoms with Gasteiger partial charge in [0, 0.05) is 0 Å². The number of ether oxygens (including phenoxy) is 4. The minimum atomic E-state index is -4.42. The maximum absolute atomic E-state index is 16.3. The first-order chi connectivity index (χ1) is 45.6. The average molecular weight is 1530 g/mol. The first-order valence-corrected chi connectivity index (χ1v) is 42.1. The molecule has 0 aliphatic carbocycles. The number of anilines is 4. The van der Waals surface area contributed by atoms with E-state index in [4.69, 9.17) is 118 Å². The van der Waals surface area contributed by atoms with Gasteiger partial charge in [0.05, 0.1) is 51.7 Å². The molecular weight excluding hydrogens is 1470 g/mol. The molecule has 8 aromatic rings. The fraction of sp³-hybridized carbons (Fsp3) is 0.565. The third-order valence-electron chi connectivity index (χ3n) is 16.8. The van der Waals surface area contributed by atoms with E-state index in [2.05, 4.69) is 72.1 Å². The van der Waals surface area contributed by atoms with E-state index in [1.807, 2.05) is 33.9 Å². The van der Waals surface area contributed by atoms with Gasteiger partial charge in [0.25, 0.3) is 11.1 Å². The number of H-pyrrole nitrogens is 2. The first-order valence-electron chi connectivity index (χ1n) is 28.8. The molecule has 0 saturated carbocycles. The van der Waals surface area contributed by atoms with Gasteiger partial charge in [-0.05, 0) is 53.6 Å². The Morgan fingerprint density at radius 3 is 1.41 bits per heavy atom. The number of alkyl halides is 2. The van der Waals surface area contributed by atoms with Gasteiger partial charge >= 0.3 is 27.0 Å². The van der Waals surface area contributed by atoms with Crippen molar-refractivity contribution in [2.45, 2.75) is 137 Å². The molecule has 20 atom stereocenters. The van der Waals surface area contributed by atoms with Crippen LogP contribution in [-0.4, -0.2) is 206 Å². The molecule has 51 heteroatoms. The fourth-order valence-electron chi connectivity index (χ4n) is 11.2. The third-order valence-corrected chi connectivity index (χ3v) is 27.5. The molecule has 14 heterocycles. The fourth-order valence-corrected chi connectivity index (χ4v) is 18.2. The van der Waals surface area contributed by atoms with Crippen LogP contribution in [0, 0.1) is 0 Å². The second-order valence-electron chi connectivity index (χ2n) is 24.0. The summed E-state index contributed by atoms with van der Waals surface area (Å²) >= 11 is 20.0. The second kappa shape index (κ2) is 26.1. The number of thiol groups is 1. The number of nitrogens with one attached hydrogen (secondary N) is 2. The lowest BCUT2D eigenvalue weighted by Gasteiger charge is -2.40. The summed E-state index contributed by atoms with van der Waals surface area (Å²) in [7, 11) is -2.68. The number of rotatable bonds is 6. The van der Waals surface area contributed by atoms with Crippen LogP contribution in [0.5, 0.6) is 0 Å². The Morgan fingerprint density at radius 1 is 0.567 bits per heavy atom. The molecule has 0 radical (unpaired) electrons. The van der Waals surface area contributed by atoms with E-state index in [0.29, 0.717) is 0 Å². The number of hydrogen-bond donors (Lipinski definition) is 11. The van der Waals surface area contributed by atoms with Crippen LogP contribution in [0.15, 0.2) is 47.6 Å². The quantitative estimate of drug-likeness (QED) is 0.0639. The smallest absolute Gasteiger partial charge is 0.386 e. The molecule has 526 valence electrons. The van der Waals surface area contributed by atoms with Crippen molar-refractivity contribution >= 4 is 151 Å². The van der Waals surface area contributed by atoms with Crippen molar-refractivity contribution in [2.24, 2.45) is 0 Å². The SMILES string of the molecule is CC(C)(C)[Si](C)(C)O[C@H]1[C@H]2OP(=O)(S)OC[C@H]3O[C@@H](n4cnc5c(N)ncnc54)[C@H](F)[C@@H]3OP(O)(=S)OC[C@H]1O[C@H]2n1cnc2c(=O)[nH]c(N)nc21.Nc1nc2c(ncn2[C@@H]2O[C@@H]3COP(O)(=S)O[C@H]4[C@@H](F)[C@H](n5cnc6c(N)ncnc65)O[C@@H]4COP(O)(=S)O[C@@H]2[C@@H]3O)c(=O)[nH]1. The Hall–Kier alpha value is -5.07. The average Bonchev–Trinajstić information content (AvgIpc) is 1.63. The first kappa shape index (κ1) is 70.4. The number of nitrogens with zero attached hydrogens (tertiary/aromatic N) is 14. The van der Waals surface area contributed by atoms with E-state index >= 15 is 8.78 Å². The van der Waals surface area contributed by atoms with E-state index in [9.17, 15) is 33.9 Å². The maximum atomic E-state index is 16.3. The number of aromatic nitrogens is 16. The molecule has 14 rings (SSSR count). The molecule has 4 bridgehead atoms. The number of nitrogen functional groups attached to an aromatic ring is 4. The molecule has 8 aromatic heterocycles. The van der Waals surface area contributed by atoms with Crippen molar-refractivity contribution in [3.8, 4) is 0 Å². The maximum Gasteiger partial charge on any atom is 0.386 e. The monoisotopic (exact) mass is 1530 g/mol. The Balaban J connectivity index is 0.000000177. The van der Waals surface area contributed by atoms with Gasteiger partial charge in [-0.2, -0.15) is 9.97 Å². The largest absolute Gasteiger partial charge is 0.408 e. The lowest BCUT2D eigenvalue weighted by Crippen LogP contribution is -2.50. The highest BCUT2D eigenvalue weighted by molar-refractivity contribution is 8.44. The van der Waals surface area contributed by atoms with E-state index < -0.39 is 171 Å². The summed E-state index contributed by atoms with van der Waals surface area (Å²) in [5.41, 5.74) is 22.6. The van der Waals surface area contributed by atoms with Crippen molar-refractivity contribution in [3.05, 3.63) is 58.7 Å². The van der Waals surface area contributed by atoms with Gasteiger partial charge in [0.2, 0.25) is 11.9 Å². The Kier molecular flexibility index (Phi) is 18.9. The van der Waals surface area contributed by atoms with Crippen LogP contribution in [0.4, 0.5) is 32.3 Å². The molecule has 6 fully saturated rings. The number of fused-ring (bicyclic) bond motifs is 10. The van der Waals surface area contributed by atoms with Crippen LogP contribution in [-0.2, 0) is 99.5 Å². The van der Waals surface area contributed by atoms with Crippen molar-refractivity contribution in [3.63, 3.8) is 0 Å². The predicted molar refractivity (Wildman–Crippen MR) is 348 cm³/mol. The number of aliphatic hydroxyl groups is 1. The number of imidazole rings is 4. The summed E-state index contributed by atoms with van der Waals surface area (Å²) < 4.78 is 128. The summed E-state index contributed by atoms with van der Waals surface area (Å²) in [4.78, 5) is 104. The molecule has 0 aromatic carbocycles. The lowest BCUT2D eigenvalue weighted by molar-refractivity contribution is -0.0602. The molecule has 0 amide bonds. The van der Waals surface area contributed by atoms with Crippen LogP contribution in [0.25, 0.3) is 44.7 Å². The van der Waals surface area contributed by atoms with Gasteiger partial charge in [-0.3, -0.25) is 60.4 Å². The molecule has 97 heavy (non-hydrogen) atoms. The van der Waals surface area contributed by atoms with E-state index in [1.54, 1.807) is 0 Å². The van der Waals surface area contributed by atoms with Gasteiger partial charge in [0.1, 0.15) is 84.7 Å². The van der Waals surface area contributed by atoms with Crippen LogP contribution in [0.3, 0.4) is 0 Å². The number of aliphatic hydroxyl groups excluding tert-OH is 1. The Labute approximate surface area is 564 Å². The summed E-state index contributed by atoms with van der Waals surface area (Å²) in [6.45, 7) is -9.49. The van der Waals surface area contributed by atoms with Crippen LogP contribution >= 0.6 is 39.2 Å². The highest BCUT2D eigenvalue weighted by atomic mass is 32.7. The van der Waals surface area contributed by atoms with Gasteiger partial charge in [-0.1, -0.05) is 33.0 Å². The number of nitrogens with two attached hydrogens (primary N) is 4. The minimum Gasteiger partial charge on any atom is -0.408 e. The van der Waals surface area contributed by atoms with E-state index in [0.717, 1.165) is 0 Å². The van der Waals surface area contributed by atoms with E-state index in [-0.39, 0.29) is 73.2 Å². The molecule has 6 aliphatic rings. The van der Waals surface area contributed by atoms with Crippen molar-refractivity contribution in [1.29, 1.82) is 0 Å². The summed E-state index contributed by atoms with van der Waals surface area (Å²) in [6, 6.07) is 0. The summed E-state index contributed by atoms with van der Waals surface area (Å²) in [5, 5.41) is 10.8. The molecule has 6 aliphatic heterocycles. The number of hydrogen-bond acceptors (Lipinski definition) is 34. The zero-order valence-electron chi connectivity index (χ0n) is 50.6. The molecule has 0 spiro atoms. The minimum absolute atomic E-state index is 0.0282. The van der Waals surface area contributed by atoms with Gasteiger partial charge < -0.3 is 79.7 Å². The van der Waals surface area contributed by atoms with E-state index in [1.165, 1.54) is 56.2 Å². The van der Waals surface area contributed by atoms with Gasteiger partial charge in [-0.25, -0.2) is 53.2 Å². The van der Waals surface area contributed by atoms with Crippen molar-refractivity contribution < 1.29 is 92.7 Å². The normalized spacial score (nSPS) is 36.2. The van der Waals surface area contributed by atoms with Gasteiger partial charge in [0.15, 0.2) is 90.8 Å². The summed E-state index contributed by atoms with van der Waals surface area (Å²) in [5.74, 6) is -0.301. The van der Waals surface area contributed by atoms with Gasteiger partial charge in [-0.15, -0.1) is 0 Å². The molecule has 14 N–H and O–H groups in total.